The number of hydrogen-bond donors (Lipinski definition) is 2. The minimum absolute atomic E-state index is 0.118. The summed E-state index contributed by atoms with van der Waals surface area (Å²) in [5.41, 5.74) is -1.29. The van der Waals surface area contributed by atoms with E-state index in [2.05, 4.69) is 37.9 Å². The molecule has 30 heavy (non-hydrogen) atoms. The Morgan fingerprint density at radius 1 is 0.800 bits per heavy atom. The maximum atomic E-state index is 13.3. The van der Waals surface area contributed by atoms with Crippen molar-refractivity contribution in [1.29, 1.82) is 0 Å². The number of aliphatic hydroxyl groups is 2. The lowest BCUT2D eigenvalue weighted by Gasteiger charge is -2.37. The monoisotopic (exact) mass is 414 g/mol. The molecule has 8 nitrogen and oxygen atoms in total. The Labute approximate surface area is 176 Å². The van der Waals surface area contributed by atoms with Crippen molar-refractivity contribution in [2.24, 2.45) is 56.5 Å². The third-order valence-corrected chi connectivity index (χ3v) is 9.75. The molecular formula is C22H30N4O4. The molecule has 4 fully saturated rings. The van der Waals surface area contributed by atoms with Crippen molar-refractivity contribution in [3.63, 3.8) is 0 Å². The quantitative estimate of drug-likeness (QED) is 0.584. The molecule has 2 heterocycles. The second kappa shape index (κ2) is 4.83. The molecule has 0 aromatic carbocycles. The smallest absolute Gasteiger partial charge is 0.336 e. The van der Waals surface area contributed by atoms with Crippen molar-refractivity contribution >= 4 is 23.2 Å². The van der Waals surface area contributed by atoms with E-state index in [9.17, 15) is 19.8 Å². The van der Waals surface area contributed by atoms with Crippen LogP contribution >= 0.6 is 0 Å². The van der Waals surface area contributed by atoms with Crippen molar-refractivity contribution in [3.05, 3.63) is 0 Å². The Morgan fingerprint density at radius 3 is 1.47 bits per heavy atom. The van der Waals surface area contributed by atoms with Crippen molar-refractivity contribution in [1.82, 2.24) is 10.0 Å². The standard InChI is InChI=1S/C22H30N4O4/c1-9-13-15-11(19(15,3)4)7-21(13,29)25(23-9)17(27)18(28)26-22(30)8-12-16(20(12,5)6)14(22)10(2)24-26/h11-16,29-30H,7-8H2,1-6H3/t11-,12-,13+,14+,15+,16+,21-,22+/m1/s1. The van der Waals surface area contributed by atoms with E-state index in [0.717, 1.165) is 10.0 Å². The van der Waals surface area contributed by atoms with E-state index in [0.29, 0.717) is 36.1 Å². The molecule has 0 bridgehead atoms. The van der Waals surface area contributed by atoms with Gasteiger partial charge in [0, 0.05) is 24.3 Å². The first-order chi connectivity index (χ1) is 13.8. The highest BCUT2D eigenvalue weighted by molar-refractivity contribution is 6.35. The molecule has 2 aliphatic heterocycles. The van der Waals surface area contributed by atoms with Gasteiger partial charge in [0.1, 0.15) is 0 Å². The number of nitrogens with zero attached hydrogens (tertiary/aromatic N) is 4. The van der Waals surface area contributed by atoms with Crippen molar-refractivity contribution in [2.75, 3.05) is 0 Å². The molecule has 8 atom stereocenters. The van der Waals surface area contributed by atoms with E-state index in [1.165, 1.54) is 0 Å². The molecule has 0 spiro atoms. The maximum absolute atomic E-state index is 13.3. The highest BCUT2D eigenvalue weighted by Gasteiger charge is 2.78. The van der Waals surface area contributed by atoms with Gasteiger partial charge >= 0.3 is 11.8 Å². The zero-order valence-electron chi connectivity index (χ0n) is 18.4. The zero-order chi connectivity index (χ0) is 21.8. The first-order valence-corrected chi connectivity index (χ1v) is 11.0. The number of carbonyl (C=O) groups is 2. The number of fused-ring (bicyclic) bond motifs is 6. The molecule has 2 amide bonds. The Kier molecular flexibility index (Phi) is 3.04. The molecular weight excluding hydrogens is 384 g/mol. The van der Waals surface area contributed by atoms with Crippen LogP contribution in [-0.4, -0.2) is 54.9 Å². The lowest BCUT2D eigenvalue weighted by Crippen LogP contribution is -2.58. The summed E-state index contributed by atoms with van der Waals surface area (Å²) >= 11 is 0. The van der Waals surface area contributed by atoms with Gasteiger partial charge in [0.2, 0.25) is 0 Å². The van der Waals surface area contributed by atoms with Crippen LogP contribution in [-0.2, 0) is 9.59 Å². The van der Waals surface area contributed by atoms with Crippen LogP contribution < -0.4 is 0 Å². The molecule has 2 N–H and O–H groups in total. The Hall–Kier alpha value is -1.80. The van der Waals surface area contributed by atoms with Gasteiger partial charge in [0.05, 0.1) is 11.8 Å². The predicted molar refractivity (Wildman–Crippen MR) is 108 cm³/mol. The van der Waals surface area contributed by atoms with Gasteiger partial charge in [0.25, 0.3) is 0 Å². The first kappa shape index (κ1) is 18.9. The van der Waals surface area contributed by atoms with Gasteiger partial charge in [-0.05, 0) is 48.3 Å². The molecule has 0 aromatic rings. The molecule has 4 saturated carbocycles. The highest BCUT2D eigenvalue weighted by atomic mass is 16.3. The summed E-state index contributed by atoms with van der Waals surface area (Å²) in [6, 6.07) is 0. The number of hydrazone groups is 2. The minimum Gasteiger partial charge on any atom is -0.368 e. The maximum Gasteiger partial charge on any atom is 0.336 e. The van der Waals surface area contributed by atoms with E-state index in [4.69, 9.17) is 0 Å². The van der Waals surface area contributed by atoms with Crippen LogP contribution in [0.2, 0.25) is 0 Å². The number of amides is 2. The third-order valence-electron chi connectivity index (χ3n) is 9.75. The number of rotatable bonds is 0. The first-order valence-electron chi connectivity index (χ1n) is 11.0. The molecule has 6 rings (SSSR count). The summed E-state index contributed by atoms with van der Waals surface area (Å²) in [4.78, 5) is 26.5. The molecule has 8 heteroatoms. The fourth-order valence-corrected chi connectivity index (χ4v) is 8.02. The van der Waals surface area contributed by atoms with E-state index in [1.54, 1.807) is 0 Å². The minimum atomic E-state index is -1.46. The van der Waals surface area contributed by atoms with Crippen molar-refractivity contribution in [2.45, 2.75) is 65.8 Å². The van der Waals surface area contributed by atoms with Crippen LogP contribution in [0.3, 0.4) is 0 Å². The SMILES string of the molecule is CC1=NN(C(=O)C(=O)N2N=C(C)[C@H]3[C@@H]4[C@@H](C[C@]32O)C4(C)C)[C@@]2(O)C[C@@H]3[C@@H]([C@H]12)C3(C)C. The average molecular weight is 415 g/mol. The number of carbonyl (C=O) groups excluding carboxylic acids is 2. The third kappa shape index (κ3) is 1.80. The van der Waals surface area contributed by atoms with Gasteiger partial charge in [-0.3, -0.25) is 9.59 Å². The van der Waals surface area contributed by atoms with Crippen LogP contribution in [0.15, 0.2) is 10.2 Å². The van der Waals surface area contributed by atoms with Crippen LogP contribution in [0, 0.1) is 46.3 Å². The van der Waals surface area contributed by atoms with E-state index < -0.39 is 23.3 Å². The molecule has 0 saturated heterocycles. The summed E-state index contributed by atoms with van der Waals surface area (Å²) < 4.78 is 0. The summed E-state index contributed by atoms with van der Waals surface area (Å²) in [7, 11) is 0. The van der Waals surface area contributed by atoms with E-state index >= 15 is 0 Å². The van der Waals surface area contributed by atoms with Crippen LogP contribution in [0.1, 0.15) is 54.4 Å². The van der Waals surface area contributed by atoms with Crippen LogP contribution in [0.4, 0.5) is 0 Å². The molecule has 0 aromatic heterocycles. The normalized spacial score (nSPS) is 50.4. The Morgan fingerprint density at radius 2 is 1.13 bits per heavy atom. The second-order valence-corrected chi connectivity index (χ2v) is 11.7. The Balaban J connectivity index is 1.28. The largest absolute Gasteiger partial charge is 0.368 e. The summed E-state index contributed by atoms with van der Waals surface area (Å²) in [5, 5.41) is 33.4. The van der Waals surface area contributed by atoms with Gasteiger partial charge in [0.15, 0.2) is 11.4 Å². The van der Waals surface area contributed by atoms with Gasteiger partial charge in [-0.2, -0.15) is 20.2 Å². The van der Waals surface area contributed by atoms with Gasteiger partial charge in [-0.25, -0.2) is 0 Å². The average Bonchev–Trinajstić information content (AvgIpc) is 3.07. The van der Waals surface area contributed by atoms with Gasteiger partial charge in [-0.1, -0.05) is 27.7 Å². The number of hydrogen-bond acceptors (Lipinski definition) is 6. The predicted octanol–water partition coefficient (Wildman–Crippen LogP) is 1.38. The summed E-state index contributed by atoms with van der Waals surface area (Å²) in [6.45, 7) is 12.3. The summed E-state index contributed by atoms with van der Waals surface area (Å²) in [5.74, 6) is -1.15. The Bertz CT molecular complexity index is 908. The fraction of sp³-hybridized carbons (Fsp3) is 0.818. The zero-order valence-corrected chi connectivity index (χ0v) is 18.4. The molecule has 162 valence electrons. The van der Waals surface area contributed by atoms with E-state index in [-0.39, 0.29) is 34.5 Å². The van der Waals surface area contributed by atoms with Gasteiger partial charge in [-0.15, -0.1) is 0 Å². The lowest BCUT2D eigenvalue weighted by atomic mass is 9.84. The van der Waals surface area contributed by atoms with E-state index in [1.807, 2.05) is 13.8 Å². The van der Waals surface area contributed by atoms with Crippen molar-refractivity contribution < 1.29 is 19.8 Å². The molecule has 4 aliphatic carbocycles. The van der Waals surface area contributed by atoms with Gasteiger partial charge < -0.3 is 10.2 Å². The molecule has 6 aliphatic rings. The second-order valence-electron chi connectivity index (χ2n) is 11.7. The molecule has 0 unspecified atom stereocenters. The fourth-order valence-electron chi connectivity index (χ4n) is 8.02. The molecule has 0 radical (unpaired) electrons. The van der Waals surface area contributed by atoms with Crippen LogP contribution in [0.25, 0.3) is 0 Å². The lowest BCUT2D eigenvalue weighted by molar-refractivity contribution is -0.185. The van der Waals surface area contributed by atoms with Crippen LogP contribution in [0.5, 0.6) is 0 Å². The highest BCUT2D eigenvalue weighted by Crippen LogP contribution is 2.74. The summed E-state index contributed by atoms with van der Waals surface area (Å²) in [6.07, 6.45) is 0.839. The topological polar surface area (TPSA) is 106 Å². The van der Waals surface area contributed by atoms with Crippen molar-refractivity contribution in [3.8, 4) is 0 Å².